The van der Waals surface area contributed by atoms with Crippen molar-refractivity contribution in [2.75, 3.05) is 20.3 Å². The van der Waals surface area contributed by atoms with Crippen molar-refractivity contribution in [3.05, 3.63) is 0 Å². The molecule has 1 aliphatic heterocycles. The summed E-state index contributed by atoms with van der Waals surface area (Å²) in [6.07, 6.45) is -0.323. The van der Waals surface area contributed by atoms with Crippen molar-refractivity contribution in [3.63, 3.8) is 0 Å². The lowest BCUT2D eigenvalue weighted by Crippen LogP contribution is -2.43. The molecule has 18 heavy (non-hydrogen) atoms. The normalized spacial score (nSPS) is 23.9. The predicted octanol–water partition coefficient (Wildman–Crippen LogP) is 1.75. The van der Waals surface area contributed by atoms with Crippen molar-refractivity contribution in [1.82, 2.24) is 4.90 Å². The summed E-state index contributed by atoms with van der Waals surface area (Å²) >= 11 is 0. The number of alkyl halides is 1. The molecule has 0 aromatic heterocycles. The van der Waals surface area contributed by atoms with Crippen molar-refractivity contribution in [1.29, 1.82) is 0 Å². The fourth-order valence-corrected chi connectivity index (χ4v) is 1.92. The second-order valence-corrected chi connectivity index (χ2v) is 5.43. The number of ether oxygens (including phenoxy) is 2. The Morgan fingerprint density at radius 2 is 2.00 bits per heavy atom. The molecule has 0 saturated carbocycles. The van der Waals surface area contributed by atoms with Gasteiger partial charge in [0.25, 0.3) is 0 Å². The molecule has 0 radical (unpaired) electrons. The number of rotatable bonds is 2. The topological polar surface area (TPSA) is 55.8 Å². The van der Waals surface area contributed by atoms with Crippen LogP contribution in [0.2, 0.25) is 0 Å². The summed E-state index contributed by atoms with van der Waals surface area (Å²) in [4.78, 5) is 24.7. The van der Waals surface area contributed by atoms with Crippen molar-refractivity contribution >= 4 is 12.1 Å². The lowest BCUT2D eigenvalue weighted by molar-refractivity contribution is -0.145. The smallest absolute Gasteiger partial charge is 0.411 e. The number of hydrogen-bond acceptors (Lipinski definition) is 4. The highest BCUT2D eigenvalue weighted by molar-refractivity contribution is 5.82. The average Bonchev–Trinajstić information content (AvgIpc) is 2.69. The van der Waals surface area contributed by atoms with Gasteiger partial charge in [-0.3, -0.25) is 9.29 Å². The van der Waals surface area contributed by atoms with E-state index in [9.17, 15) is 14.0 Å². The maximum Gasteiger partial charge on any atom is 0.411 e. The SMILES string of the molecule is COC(=O)[C@@H]1C[C@H](CF)CN1C(=O)OC(C)(C)C. The van der Waals surface area contributed by atoms with Gasteiger partial charge in [-0.25, -0.2) is 9.59 Å². The van der Waals surface area contributed by atoms with E-state index >= 15 is 0 Å². The number of carbonyl (C=O) groups is 2. The molecule has 0 unspecified atom stereocenters. The summed E-state index contributed by atoms with van der Waals surface area (Å²) in [5, 5.41) is 0. The monoisotopic (exact) mass is 261 g/mol. The fourth-order valence-electron chi connectivity index (χ4n) is 1.92. The zero-order chi connectivity index (χ0) is 13.9. The highest BCUT2D eigenvalue weighted by atomic mass is 19.1. The molecule has 5 nitrogen and oxygen atoms in total. The Balaban J connectivity index is 2.77. The molecular weight excluding hydrogens is 241 g/mol. The second kappa shape index (κ2) is 5.54. The number of amides is 1. The molecule has 2 atom stereocenters. The van der Waals surface area contributed by atoms with Crippen LogP contribution in [-0.2, 0) is 14.3 Å². The van der Waals surface area contributed by atoms with Gasteiger partial charge in [-0.05, 0) is 27.2 Å². The van der Waals surface area contributed by atoms with Crippen LogP contribution in [0.15, 0.2) is 0 Å². The summed E-state index contributed by atoms with van der Waals surface area (Å²) in [5.74, 6) is -0.863. The van der Waals surface area contributed by atoms with Gasteiger partial charge in [0.1, 0.15) is 11.6 Å². The van der Waals surface area contributed by atoms with Crippen LogP contribution in [0.3, 0.4) is 0 Å². The lowest BCUT2D eigenvalue weighted by atomic mass is 10.1. The summed E-state index contributed by atoms with van der Waals surface area (Å²) in [6.45, 7) is 4.83. The van der Waals surface area contributed by atoms with Crippen LogP contribution in [0.25, 0.3) is 0 Å². The number of carbonyl (C=O) groups excluding carboxylic acids is 2. The van der Waals surface area contributed by atoms with E-state index in [1.807, 2.05) is 0 Å². The number of hydrogen-bond donors (Lipinski definition) is 0. The highest BCUT2D eigenvalue weighted by Crippen LogP contribution is 2.26. The average molecular weight is 261 g/mol. The largest absolute Gasteiger partial charge is 0.467 e. The number of esters is 1. The molecule has 0 aliphatic carbocycles. The van der Waals surface area contributed by atoms with Gasteiger partial charge in [0.15, 0.2) is 0 Å². The first-order valence-electron chi connectivity index (χ1n) is 5.92. The van der Waals surface area contributed by atoms with Gasteiger partial charge in [0, 0.05) is 12.5 Å². The summed E-state index contributed by atoms with van der Waals surface area (Å²) in [7, 11) is 1.25. The Kier molecular flexibility index (Phi) is 4.53. The summed E-state index contributed by atoms with van der Waals surface area (Å²) in [6, 6.07) is -0.745. The quantitative estimate of drug-likeness (QED) is 0.711. The van der Waals surface area contributed by atoms with Crippen LogP contribution in [0.4, 0.5) is 9.18 Å². The van der Waals surface area contributed by atoms with Crippen molar-refractivity contribution in [3.8, 4) is 0 Å². The Morgan fingerprint density at radius 3 is 2.44 bits per heavy atom. The zero-order valence-corrected chi connectivity index (χ0v) is 11.2. The minimum absolute atomic E-state index is 0.186. The molecule has 1 amide bonds. The Labute approximate surface area is 106 Å². The first kappa shape index (κ1) is 14.7. The molecule has 0 N–H and O–H groups in total. The van der Waals surface area contributed by atoms with Crippen molar-refractivity contribution < 1.29 is 23.5 Å². The minimum Gasteiger partial charge on any atom is -0.467 e. The highest BCUT2D eigenvalue weighted by Gasteiger charge is 2.42. The van der Waals surface area contributed by atoms with Crippen molar-refractivity contribution in [2.45, 2.75) is 38.8 Å². The molecular formula is C12H20FNO4. The van der Waals surface area contributed by atoms with E-state index in [1.165, 1.54) is 12.0 Å². The molecule has 0 aromatic carbocycles. The molecule has 1 aliphatic rings. The molecule has 0 bridgehead atoms. The Hall–Kier alpha value is -1.33. The Morgan fingerprint density at radius 1 is 1.39 bits per heavy atom. The van der Waals surface area contributed by atoms with Gasteiger partial charge in [0.2, 0.25) is 0 Å². The van der Waals surface area contributed by atoms with Crippen LogP contribution < -0.4 is 0 Å². The standard InChI is InChI=1S/C12H20FNO4/c1-12(2,3)18-11(16)14-7-8(6-13)5-9(14)10(15)17-4/h8-9H,5-7H2,1-4H3/t8-,9+/m1/s1. The zero-order valence-electron chi connectivity index (χ0n) is 11.2. The number of likely N-dealkylation sites (tertiary alicyclic amines) is 1. The first-order valence-corrected chi connectivity index (χ1v) is 5.92. The molecule has 1 heterocycles. The third kappa shape index (κ3) is 3.58. The van der Waals surface area contributed by atoms with E-state index in [4.69, 9.17) is 4.74 Å². The maximum atomic E-state index is 12.7. The van der Waals surface area contributed by atoms with E-state index in [1.54, 1.807) is 20.8 Å². The first-order chi connectivity index (χ1) is 8.28. The number of nitrogens with zero attached hydrogens (tertiary/aromatic N) is 1. The summed E-state index contributed by atoms with van der Waals surface area (Å²) in [5.41, 5.74) is -0.647. The van der Waals surface area contributed by atoms with Gasteiger partial charge in [0.05, 0.1) is 13.8 Å². The van der Waals surface area contributed by atoms with E-state index in [2.05, 4.69) is 4.74 Å². The maximum absolute atomic E-state index is 12.7. The predicted molar refractivity (Wildman–Crippen MR) is 62.8 cm³/mol. The number of halogens is 1. The van der Waals surface area contributed by atoms with Crippen LogP contribution in [0.1, 0.15) is 27.2 Å². The Bertz CT molecular complexity index is 327. The molecule has 1 fully saturated rings. The molecule has 0 aromatic rings. The van der Waals surface area contributed by atoms with E-state index in [0.29, 0.717) is 0 Å². The summed E-state index contributed by atoms with van der Waals surface area (Å²) < 4.78 is 22.5. The molecule has 6 heteroatoms. The lowest BCUT2D eigenvalue weighted by Gasteiger charge is -2.27. The van der Waals surface area contributed by atoms with Gasteiger partial charge < -0.3 is 9.47 Å². The van der Waals surface area contributed by atoms with Gasteiger partial charge in [-0.15, -0.1) is 0 Å². The van der Waals surface area contributed by atoms with Crippen LogP contribution in [0.5, 0.6) is 0 Å². The van der Waals surface area contributed by atoms with Crippen LogP contribution in [0, 0.1) is 5.92 Å². The van der Waals surface area contributed by atoms with Crippen LogP contribution in [-0.4, -0.2) is 48.9 Å². The van der Waals surface area contributed by atoms with E-state index in [-0.39, 0.29) is 18.9 Å². The third-order valence-corrected chi connectivity index (χ3v) is 2.71. The molecule has 0 spiro atoms. The van der Waals surface area contributed by atoms with Gasteiger partial charge in [-0.1, -0.05) is 0 Å². The van der Waals surface area contributed by atoms with Gasteiger partial charge in [-0.2, -0.15) is 0 Å². The molecule has 1 saturated heterocycles. The van der Waals surface area contributed by atoms with Gasteiger partial charge >= 0.3 is 12.1 Å². The molecule has 104 valence electrons. The van der Waals surface area contributed by atoms with E-state index in [0.717, 1.165) is 0 Å². The fraction of sp³-hybridized carbons (Fsp3) is 0.833. The molecule has 1 rings (SSSR count). The minimum atomic E-state index is -0.745. The van der Waals surface area contributed by atoms with Crippen LogP contribution >= 0.6 is 0 Å². The third-order valence-electron chi connectivity index (χ3n) is 2.71. The second-order valence-electron chi connectivity index (χ2n) is 5.43. The van der Waals surface area contributed by atoms with Crippen molar-refractivity contribution in [2.24, 2.45) is 5.92 Å². The van der Waals surface area contributed by atoms with E-state index < -0.39 is 30.4 Å². The number of methoxy groups -OCH3 is 1.